The zero-order valence-corrected chi connectivity index (χ0v) is 52.1. The Morgan fingerprint density at radius 2 is 0.737 bits per heavy atom. The molecule has 1 amide bonds. The van der Waals surface area contributed by atoms with Crippen LogP contribution in [0.25, 0.3) is 0 Å². The zero-order valence-electron chi connectivity index (χ0n) is 51.2. The molecule has 0 rings (SSSR count). The second-order valence-corrected chi connectivity index (χ2v) is 25.2. The summed E-state index contributed by atoms with van der Waals surface area (Å²) >= 11 is 0. The Bertz CT molecular complexity index is 1380. The van der Waals surface area contributed by atoms with E-state index in [1.54, 1.807) is 6.08 Å². The summed E-state index contributed by atoms with van der Waals surface area (Å²) < 4.78 is 23.4. The van der Waals surface area contributed by atoms with E-state index in [0.29, 0.717) is 17.4 Å². The lowest BCUT2D eigenvalue weighted by atomic mass is 10.0. The maximum Gasteiger partial charge on any atom is 0.268 e. The SMILES string of the molecule is CCCCCCCCCC/C=C\CCCCCCCCCCCCCCCCCC(=O)NC(COP(=O)([O-])OCC[N+](C)(C)C)C(O)/C=C/CC/C=C/CC/C=C/CCCCCCCCCCCCCCCCCCC. The number of phosphoric ester groups is 1. The van der Waals surface area contributed by atoms with E-state index in [1.807, 2.05) is 27.2 Å². The van der Waals surface area contributed by atoms with Crippen molar-refractivity contribution in [1.29, 1.82) is 0 Å². The minimum atomic E-state index is -4.61. The van der Waals surface area contributed by atoms with Crippen molar-refractivity contribution >= 4 is 13.7 Å². The van der Waals surface area contributed by atoms with Crippen molar-refractivity contribution in [2.75, 3.05) is 40.9 Å². The predicted octanol–water partition coefficient (Wildman–Crippen LogP) is 20.0. The number of amides is 1. The molecule has 0 aromatic heterocycles. The summed E-state index contributed by atoms with van der Waals surface area (Å²) in [5, 5.41) is 13.9. The van der Waals surface area contributed by atoms with Crippen LogP contribution in [0.5, 0.6) is 0 Å². The van der Waals surface area contributed by atoms with Gasteiger partial charge in [-0.05, 0) is 70.6 Å². The lowest BCUT2D eigenvalue weighted by Crippen LogP contribution is -2.45. The Morgan fingerprint density at radius 3 is 1.07 bits per heavy atom. The third-order valence-electron chi connectivity index (χ3n) is 15.0. The molecule has 448 valence electrons. The van der Waals surface area contributed by atoms with E-state index in [0.717, 1.165) is 44.9 Å². The van der Waals surface area contributed by atoms with E-state index in [9.17, 15) is 19.4 Å². The van der Waals surface area contributed by atoms with E-state index in [1.165, 1.54) is 257 Å². The van der Waals surface area contributed by atoms with Crippen molar-refractivity contribution in [2.45, 2.75) is 334 Å². The molecule has 0 saturated heterocycles. The second kappa shape index (κ2) is 58.1. The number of carbonyl (C=O) groups is 1. The largest absolute Gasteiger partial charge is 0.756 e. The maximum absolute atomic E-state index is 13.0. The minimum absolute atomic E-state index is 0.00856. The molecule has 0 radical (unpaired) electrons. The summed E-state index contributed by atoms with van der Waals surface area (Å²) in [6.07, 6.45) is 78.0. The van der Waals surface area contributed by atoms with Gasteiger partial charge in [0.2, 0.25) is 5.91 Å². The molecule has 9 heteroatoms. The van der Waals surface area contributed by atoms with Crippen molar-refractivity contribution in [3.8, 4) is 0 Å². The number of aliphatic hydroxyl groups excluding tert-OH is 1. The fourth-order valence-corrected chi connectivity index (χ4v) is 10.6. The van der Waals surface area contributed by atoms with Crippen LogP contribution < -0.4 is 10.2 Å². The molecule has 2 N–H and O–H groups in total. The van der Waals surface area contributed by atoms with Crippen LogP contribution in [0.15, 0.2) is 48.6 Å². The van der Waals surface area contributed by atoms with E-state index in [2.05, 4.69) is 55.6 Å². The fraction of sp³-hybridized carbons (Fsp3) is 0.866. The molecular formula is C67H129N2O6P. The monoisotopic (exact) mass is 1090 g/mol. The van der Waals surface area contributed by atoms with Crippen LogP contribution in [0, 0.1) is 0 Å². The number of nitrogens with one attached hydrogen (secondary N) is 1. The molecule has 0 aliphatic rings. The fourth-order valence-electron chi connectivity index (χ4n) is 9.83. The van der Waals surface area contributed by atoms with Gasteiger partial charge in [0.1, 0.15) is 13.2 Å². The number of hydrogen-bond donors (Lipinski definition) is 2. The molecule has 3 unspecified atom stereocenters. The van der Waals surface area contributed by atoms with Crippen LogP contribution >= 0.6 is 7.82 Å². The van der Waals surface area contributed by atoms with Gasteiger partial charge >= 0.3 is 0 Å². The van der Waals surface area contributed by atoms with Gasteiger partial charge in [-0.2, -0.15) is 0 Å². The molecule has 76 heavy (non-hydrogen) atoms. The lowest BCUT2D eigenvalue weighted by molar-refractivity contribution is -0.870. The summed E-state index contributed by atoms with van der Waals surface area (Å²) in [4.78, 5) is 25.6. The summed E-state index contributed by atoms with van der Waals surface area (Å²) in [5.41, 5.74) is 0. The Hall–Kier alpha value is -1.54. The summed E-state index contributed by atoms with van der Waals surface area (Å²) in [6.45, 7) is 4.66. The molecular weight excluding hydrogens is 960 g/mol. The van der Waals surface area contributed by atoms with E-state index in [4.69, 9.17) is 9.05 Å². The lowest BCUT2D eigenvalue weighted by Gasteiger charge is -2.29. The molecule has 0 aromatic rings. The predicted molar refractivity (Wildman–Crippen MR) is 330 cm³/mol. The second-order valence-electron chi connectivity index (χ2n) is 23.8. The maximum atomic E-state index is 13.0. The molecule has 0 aliphatic heterocycles. The van der Waals surface area contributed by atoms with Gasteiger partial charge in [0.05, 0.1) is 39.9 Å². The normalized spacial score (nSPS) is 14.0. The molecule has 0 aromatic carbocycles. The number of aliphatic hydroxyl groups is 1. The number of unbranched alkanes of at least 4 members (excludes halogenated alkanes) is 42. The van der Waals surface area contributed by atoms with Crippen LogP contribution in [0.2, 0.25) is 0 Å². The van der Waals surface area contributed by atoms with Gasteiger partial charge in [0.25, 0.3) is 7.82 Å². The van der Waals surface area contributed by atoms with Gasteiger partial charge in [0, 0.05) is 6.42 Å². The highest BCUT2D eigenvalue weighted by atomic mass is 31.2. The molecule has 0 saturated carbocycles. The number of nitrogens with zero attached hydrogens (tertiary/aromatic N) is 1. The van der Waals surface area contributed by atoms with Gasteiger partial charge in [-0.15, -0.1) is 0 Å². The molecule has 0 aliphatic carbocycles. The summed E-state index contributed by atoms with van der Waals surface area (Å²) in [7, 11) is 1.24. The van der Waals surface area contributed by atoms with Crippen molar-refractivity contribution in [2.24, 2.45) is 0 Å². The van der Waals surface area contributed by atoms with Crippen LogP contribution in [0.3, 0.4) is 0 Å². The first-order valence-electron chi connectivity index (χ1n) is 33.0. The van der Waals surface area contributed by atoms with Gasteiger partial charge in [-0.3, -0.25) is 9.36 Å². The van der Waals surface area contributed by atoms with Gasteiger partial charge in [0.15, 0.2) is 0 Å². The average molecular weight is 1090 g/mol. The van der Waals surface area contributed by atoms with Crippen molar-refractivity contribution < 1.29 is 32.9 Å². The Morgan fingerprint density at radius 1 is 0.447 bits per heavy atom. The van der Waals surface area contributed by atoms with Crippen LogP contribution in [0.4, 0.5) is 0 Å². The molecule has 0 fully saturated rings. The van der Waals surface area contributed by atoms with Crippen molar-refractivity contribution in [1.82, 2.24) is 5.32 Å². The Balaban J connectivity index is 4.17. The van der Waals surface area contributed by atoms with Gasteiger partial charge < -0.3 is 28.8 Å². The van der Waals surface area contributed by atoms with E-state index >= 15 is 0 Å². The third-order valence-corrected chi connectivity index (χ3v) is 16.0. The number of allylic oxidation sites excluding steroid dienone is 7. The van der Waals surface area contributed by atoms with Gasteiger partial charge in [-0.25, -0.2) is 0 Å². The number of quaternary nitrogens is 1. The zero-order chi connectivity index (χ0) is 55.6. The number of phosphoric acid groups is 1. The molecule has 0 spiro atoms. The Kier molecular flexibility index (Phi) is 56.9. The highest BCUT2D eigenvalue weighted by Crippen LogP contribution is 2.38. The number of carbonyl (C=O) groups excluding carboxylic acids is 1. The molecule has 8 nitrogen and oxygen atoms in total. The summed E-state index contributed by atoms with van der Waals surface area (Å²) in [6, 6.07) is -0.911. The smallest absolute Gasteiger partial charge is 0.268 e. The highest BCUT2D eigenvalue weighted by molar-refractivity contribution is 7.45. The van der Waals surface area contributed by atoms with E-state index < -0.39 is 26.6 Å². The third kappa shape index (κ3) is 60.1. The highest BCUT2D eigenvalue weighted by Gasteiger charge is 2.23. The van der Waals surface area contributed by atoms with Crippen LogP contribution in [-0.4, -0.2) is 68.5 Å². The van der Waals surface area contributed by atoms with Crippen LogP contribution in [0.1, 0.15) is 322 Å². The number of hydrogen-bond acceptors (Lipinski definition) is 6. The molecule has 3 atom stereocenters. The number of rotatable bonds is 61. The molecule has 0 bridgehead atoms. The Labute approximate surface area is 473 Å². The van der Waals surface area contributed by atoms with Crippen LogP contribution in [-0.2, 0) is 18.4 Å². The first-order valence-corrected chi connectivity index (χ1v) is 34.5. The van der Waals surface area contributed by atoms with Gasteiger partial charge in [-0.1, -0.05) is 294 Å². The first-order chi connectivity index (χ1) is 37.0. The number of likely N-dealkylation sites (N-methyl/N-ethyl adjacent to an activating group) is 1. The minimum Gasteiger partial charge on any atom is -0.756 e. The van der Waals surface area contributed by atoms with Crippen molar-refractivity contribution in [3.63, 3.8) is 0 Å². The first kappa shape index (κ1) is 74.5. The quantitative estimate of drug-likeness (QED) is 0.0272. The topological polar surface area (TPSA) is 108 Å². The standard InChI is InChI=1S/C67H129N2O6P/c1-6-8-10-12-14-16-18-20-22-24-26-28-30-32-34-36-38-40-42-44-46-48-50-52-54-56-58-60-66(70)65(64-75-76(72,73)74-63-62-69(3,4)5)68-67(71)61-59-57-55-53-51-49-47-45-43-41-39-37-35-33-31-29-27-25-23-21-19-17-15-13-11-9-7-2/h25,27,42,44,50,52,58,60,65-66,70H,6-24,26,28-41,43,45-49,51,53-57,59,61-64H2,1-5H3,(H-,68,71,72,73)/b27-25-,44-42+,52-50+,60-58+. The molecule has 0 heterocycles. The summed E-state index contributed by atoms with van der Waals surface area (Å²) in [5.74, 6) is -0.207. The average Bonchev–Trinajstić information content (AvgIpc) is 3.38. The van der Waals surface area contributed by atoms with E-state index in [-0.39, 0.29) is 12.5 Å². The van der Waals surface area contributed by atoms with Crippen molar-refractivity contribution in [3.05, 3.63) is 48.6 Å².